The molecule has 3 N–H and O–H groups in total. The third-order valence-electron chi connectivity index (χ3n) is 6.07. The Labute approximate surface area is 173 Å². The summed E-state index contributed by atoms with van der Waals surface area (Å²) < 4.78 is 6.30. The van der Waals surface area contributed by atoms with Crippen molar-refractivity contribution < 1.29 is 24.2 Å². The van der Waals surface area contributed by atoms with Crippen molar-refractivity contribution in [1.29, 1.82) is 0 Å². The van der Waals surface area contributed by atoms with Crippen LogP contribution in [0.3, 0.4) is 0 Å². The summed E-state index contributed by atoms with van der Waals surface area (Å²) in [5.74, 6) is -1.88. The van der Waals surface area contributed by atoms with Gasteiger partial charge >= 0.3 is 0 Å². The molecule has 0 aromatic carbocycles. The minimum absolute atomic E-state index is 0.0672. The van der Waals surface area contributed by atoms with Crippen molar-refractivity contribution in [1.82, 2.24) is 15.5 Å². The first-order chi connectivity index (χ1) is 13.3. The number of carbonyl (C=O) groups excluding carboxylic acids is 3. The Morgan fingerprint density at radius 3 is 2.64 bits per heavy atom. The highest BCUT2D eigenvalue weighted by atomic mass is 79.9. The Morgan fingerprint density at radius 1 is 1.32 bits per heavy atom. The zero-order chi connectivity index (χ0) is 20.6. The molecule has 3 aliphatic rings. The second-order valence-electron chi connectivity index (χ2n) is 8.26. The number of alkyl halides is 1. The van der Waals surface area contributed by atoms with Crippen LogP contribution in [0.15, 0.2) is 0 Å². The first-order valence-corrected chi connectivity index (χ1v) is 10.9. The summed E-state index contributed by atoms with van der Waals surface area (Å²) in [5, 5.41) is 14.6. The van der Waals surface area contributed by atoms with E-state index >= 15 is 0 Å². The largest absolute Gasteiger partial charge is 0.396 e. The molecule has 3 aliphatic heterocycles. The topological polar surface area (TPSA) is 108 Å². The SMILES string of the molecule is CNC(=O)[C@H]1[C@@H]2OC3(CC2Br)C(C(=O)NC(C)C)N(CCCCCO)C(=O)[C@H]13. The predicted molar refractivity (Wildman–Crippen MR) is 106 cm³/mol. The van der Waals surface area contributed by atoms with Gasteiger partial charge in [0.15, 0.2) is 0 Å². The molecule has 3 unspecified atom stereocenters. The Balaban J connectivity index is 1.94. The van der Waals surface area contributed by atoms with E-state index in [-0.39, 0.29) is 35.2 Å². The molecule has 0 radical (unpaired) electrons. The van der Waals surface area contributed by atoms with E-state index in [1.807, 2.05) is 13.8 Å². The number of unbranched alkanes of at least 4 members (excludes halogenated alkanes) is 2. The molecule has 2 bridgehead atoms. The molecule has 3 saturated heterocycles. The molecule has 0 aliphatic carbocycles. The molecule has 9 heteroatoms. The van der Waals surface area contributed by atoms with Gasteiger partial charge in [-0.25, -0.2) is 0 Å². The first kappa shape index (κ1) is 21.5. The van der Waals surface area contributed by atoms with Gasteiger partial charge < -0.3 is 25.4 Å². The number of fused-ring (bicyclic) bond motifs is 1. The van der Waals surface area contributed by atoms with Gasteiger partial charge in [0.25, 0.3) is 0 Å². The van der Waals surface area contributed by atoms with Gasteiger partial charge in [0.2, 0.25) is 17.7 Å². The van der Waals surface area contributed by atoms with E-state index in [9.17, 15) is 14.4 Å². The van der Waals surface area contributed by atoms with Gasteiger partial charge in [0, 0.05) is 31.1 Å². The molecule has 158 valence electrons. The lowest BCUT2D eigenvalue weighted by atomic mass is 9.70. The third-order valence-corrected chi connectivity index (χ3v) is 6.92. The van der Waals surface area contributed by atoms with Crippen molar-refractivity contribution in [3.63, 3.8) is 0 Å². The molecule has 3 amide bonds. The Hall–Kier alpha value is -1.19. The summed E-state index contributed by atoms with van der Waals surface area (Å²) in [6, 6.07) is -0.816. The van der Waals surface area contributed by atoms with Gasteiger partial charge in [-0.05, 0) is 39.5 Å². The Bertz CT molecular complexity index is 645. The van der Waals surface area contributed by atoms with Crippen LogP contribution < -0.4 is 10.6 Å². The van der Waals surface area contributed by atoms with Crippen LogP contribution in [-0.2, 0) is 19.1 Å². The van der Waals surface area contributed by atoms with Crippen molar-refractivity contribution in [2.24, 2.45) is 11.8 Å². The molecule has 0 aromatic rings. The highest BCUT2D eigenvalue weighted by molar-refractivity contribution is 9.09. The zero-order valence-corrected chi connectivity index (χ0v) is 18.2. The fourth-order valence-electron chi connectivity index (χ4n) is 5.07. The number of rotatable bonds is 8. The molecule has 0 saturated carbocycles. The number of ether oxygens (including phenoxy) is 1. The van der Waals surface area contributed by atoms with E-state index in [2.05, 4.69) is 26.6 Å². The van der Waals surface area contributed by atoms with Crippen molar-refractivity contribution in [2.45, 2.75) is 68.1 Å². The normalized spacial score (nSPS) is 36.1. The minimum Gasteiger partial charge on any atom is -0.396 e. The van der Waals surface area contributed by atoms with Crippen LogP contribution in [0.5, 0.6) is 0 Å². The Kier molecular flexibility index (Phi) is 6.36. The number of halogens is 1. The van der Waals surface area contributed by atoms with Gasteiger partial charge in [-0.1, -0.05) is 15.9 Å². The van der Waals surface area contributed by atoms with Crippen LogP contribution in [0.4, 0.5) is 0 Å². The lowest BCUT2D eigenvalue weighted by Crippen LogP contribution is -2.56. The maximum Gasteiger partial charge on any atom is 0.246 e. The summed E-state index contributed by atoms with van der Waals surface area (Å²) in [5.41, 5.74) is -0.983. The van der Waals surface area contributed by atoms with Crippen LogP contribution in [-0.4, -0.2) is 76.5 Å². The van der Waals surface area contributed by atoms with Crippen LogP contribution in [0.2, 0.25) is 0 Å². The van der Waals surface area contributed by atoms with Crippen molar-refractivity contribution in [3.8, 4) is 0 Å². The summed E-state index contributed by atoms with van der Waals surface area (Å²) in [6.07, 6.45) is 2.21. The van der Waals surface area contributed by atoms with Crippen molar-refractivity contribution >= 4 is 33.7 Å². The van der Waals surface area contributed by atoms with Crippen molar-refractivity contribution in [3.05, 3.63) is 0 Å². The number of amides is 3. The lowest BCUT2D eigenvalue weighted by Gasteiger charge is -2.34. The van der Waals surface area contributed by atoms with E-state index in [4.69, 9.17) is 9.84 Å². The van der Waals surface area contributed by atoms with Crippen LogP contribution in [0.1, 0.15) is 39.5 Å². The van der Waals surface area contributed by atoms with Gasteiger partial charge in [-0.3, -0.25) is 14.4 Å². The fraction of sp³-hybridized carbons (Fsp3) is 0.842. The molecule has 3 heterocycles. The van der Waals surface area contributed by atoms with Crippen molar-refractivity contribution in [2.75, 3.05) is 20.2 Å². The van der Waals surface area contributed by atoms with Gasteiger partial charge in [0.1, 0.15) is 11.6 Å². The molecule has 1 spiro atoms. The highest BCUT2D eigenvalue weighted by Crippen LogP contribution is 2.59. The van der Waals surface area contributed by atoms with Gasteiger partial charge in [-0.15, -0.1) is 0 Å². The number of nitrogens with zero attached hydrogens (tertiary/aromatic N) is 1. The number of hydrogen-bond acceptors (Lipinski definition) is 5. The number of likely N-dealkylation sites (tertiary alicyclic amines) is 1. The van der Waals surface area contributed by atoms with Gasteiger partial charge in [-0.2, -0.15) is 0 Å². The third kappa shape index (κ3) is 3.35. The molecule has 6 atom stereocenters. The standard InChI is InChI=1S/C19H30BrN3O5/c1-10(2)22-17(26)15-19-9-11(20)14(28-19)12(16(25)21-3)13(19)18(27)23(15)7-5-4-6-8-24/h10-15,24H,4-9H2,1-3H3,(H,21,25)(H,22,26)/t11?,12-,13+,14-,15?,19?/m1/s1. The molecular formula is C19H30BrN3O5. The number of hydrogen-bond donors (Lipinski definition) is 3. The Morgan fingerprint density at radius 2 is 2.04 bits per heavy atom. The second-order valence-corrected chi connectivity index (χ2v) is 9.43. The molecule has 3 fully saturated rings. The lowest BCUT2D eigenvalue weighted by molar-refractivity contribution is -0.142. The van der Waals surface area contributed by atoms with Gasteiger partial charge in [0.05, 0.1) is 17.9 Å². The maximum absolute atomic E-state index is 13.4. The molecule has 28 heavy (non-hydrogen) atoms. The van der Waals surface area contributed by atoms with E-state index in [1.165, 1.54) is 0 Å². The number of aliphatic hydroxyl groups is 1. The highest BCUT2D eigenvalue weighted by Gasteiger charge is 2.76. The second kappa shape index (κ2) is 8.28. The summed E-state index contributed by atoms with van der Waals surface area (Å²) in [7, 11) is 1.55. The maximum atomic E-state index is 13.4. The molecule has 3 rings (SSSR count). The summed E-state index contributed by atoms with van der Waals surface area (Å²) >= 11 is 3.61. The fourth-order valence-corrected chi connectivity index (χ4v) is 6.01. The van der Waals surface area contributed by atoms with E-state index < -0.39 is 29.6 Å². The number of carbonyl (C=O) groups is 3. The van der Waals surface area contributed by atoms with E-state index in [0.29, 0.717) is 25.8 Å². The molecular weight excluding hydrogens is 430 g/mol. The number of nitrogens with one attached hydrogen (secondary N) is 2. The van der Waals surface area contributed by atoms with E-state index in [1.54, 1.807) is 11.9 Å². The summed E-state index contributed by atoms with van der Waals surface area (Å²) in [6.45, 7) is 4.27. The van der Waals surface area contributed by atoms with Crippen LogP contribution >= 0.6 is 15.9 Å². The van der Waals surface area contributed by atoms with E-state index in [0.717, 1.165) is 6.42 Å². The predicted octanol–water partition coefficient (Wildman–Crippen LogP) is 0.168. The minimum atomic E-state index is -0.983. The molecule has 8 nitrogen and oxygen atoms in total. The monoisotopic (exact) mass is 459 g/mol. The summed E-state index contributed by atoms with van der Waals surface area (Å²) in [4.78, 5) is 40.6. The molecule has 0 aromatic heterocycles. The van der Waals surface area contributed by atoms with Crippen LogP contribution in [0, 0.1) is 11.8 Å². The smallest absolute Gasteiger partial charge is 0.246 e. The average molecular weight is 460 g/mol. The zero-order valence-electron chi connectivity index (χ0n) is 16.6. The number of aliphatic hydroxyl groups excluding tert-OH is 1. The van der Waals surface area contributed by atoms with Crippen LogP contribution in [0.25, 0.3) is 0 Å². The first-order valence-electron chi connectivity index (χ1n) is 10.0. The average Bonchev–Trinajstić information content (AvgIpc) is 3.21. The quantitative estimate of drug-likeness (QED) is 0.354.